The number of rotatable bonds is 2. The third kappa shape index (κ3) is 2.24. The Morgan fingerprint density at radius 3 is 2.95 bits per heavy atom. The number of benzene rings is 1. The third-order valence-corrected chi connectivity index (χ3v) is 4.10. The summed E-state index contributed by atoms with van der Waals surface area (Å²) in [6.45, 7) is 1.37. The van der Waals surface area contributed by atoms with E-state index >= 15 is 0 Å². The summed E-state index contributed by atoms with van der Waals surface area (Å²) in [6.07, 6.45) is 1.20. The van der Waals surface area contributed by atoms with E-state index in [1.807, 2.05) is 7.05 Å². The van der Waals surface area contributed by atoms with Crippen molar-refractivity contribution in [2.24, 2.45) is 0 Å². The van der Waals surface area contributed by atoms with Crippen LogP contribution in [0.5, 0.6) is 0 Å². The van der Waals surface area contributed by atoms with Crippen LogP contribution >= 0.6 is 0 Å². The zero-order valence-corrected chi connectivity index (χ0v) is 11.2. The molecule has 1 amide bonds. The van der Waals surface area contributed by atoms with E-state index in [9.17, 15) is 13.6 Å². The fraction of sp³-hybridized carbons (Fsp3) is 0.500. The predicted molar refractivity (Wildman–Crippen MR) is 71.5 cm³/mol. The number of hydrogen-bond donors (Lipinski definition) is 2. The smallest absolute Gasteiger partial charge is 0.245 e. The molecule has 1 fully saturated rings. The molecule has 2 N–H and O–H groups in total. The van der Waals surface area contributed by atoms with Crippen LogP contribution in [-0.2, 0) is 11.2 Å². The molecule has 2 atom stereocenters. The van der Waals surface area contributed by atoms with Gasteiger partial charge in [-0.25, -0.2) is 8.78 Å². The number of likely N-dealkylation sites (tertiary alicyclic amines) is 1. The fourth-order valence-corrected chi connectivity index (χ4v) is 2.95. The molecule has 1 aromatic carbocycles. The van der Waals surface area contributed by atoms with Crippen LogP contribution in [0.2, 0.25) is 0 Å². The van der Waals surface area contributed by atoms with Crippen LogP contribution in [0.3, 0.4) is 0 Å². The molecule has 1 saturated heterocycles. The predicted octanol–water partition coefficient (Wildman–Crippen LogP) is 1.12. The van der Waals surface area contributed by atoms with E-state index in [1.165, 1.54) is 6.07 Å². The van der Waals surface area contributed by atoms with E-state index in [1.54, 1.807) is 4.90 Å². The molecule has 0 spiro atoms. The average molecular weight is 281 g/mol. The maximum atomic E-state index is 13.7. The van der Waals surface area contributed by atoms with Gasteiger partial charge in [0.15, 0.2) is 0 Å². The van der Waals surface area contributed by atoms with Crippen molar-refractivity contribution in [3.63, 3.8) is 0 Å². The lowest BCUT2D eigenvalue weighted by molar-refractivity contribution is -0.130. The van der Waals surface area contributed by atoms with Gasteiger partial charge in [-0.2, -0.15) is 0 Å². The van der Waals surface area contributed by atoms with Crippen LogP contribution < -0.4 is 10.6 Å². The van der Waals surface area contributed by atoms with Crippen molar-refractivity contribution in [1.82, 2.24) is 10.2 Å². The van der Waals surface area contributed by atoms with Gasteiger partial charge in [0.25, 0.3) is 0 Å². The van der Waals surface area contributed by atoms with Crippen molar-refractivity contribution >= 4 is 11.6 Å². The SMILES string of the molecule is CNC1CCN(C(=O)C2Cc3c(F)cc(F)cc3N2)C1. The zero-order valence-electron chi connectivity index (χ0n) is 11.2. The Morgan fingerprint density at radius 1 is 1.45 bits per heavy atom. The second kappa shape index (κ2) is 5.01. The number of halogens is 2. The van der Waals surface area contributed by atoms with E-state index in [0.717, 1.165) is 12.5 Å². The summed E-state index contributed by atoms with van der Waals surface area (Å²) in [4.78, 5) is 14.2. The average Bonchev–Trinajstić information content (AvgIpc) is 3.03. The first-order valence-corrected chi connectivity index (χ1v) is 6.79. The highest BCUT2D eigenvalue weighted by Gasteiger charge is 2.35. The van der Waals surface area contributed by atoms with Crippen LogP contribution in [0.25, 0.3) is 0 Å². The van der Waals surface area contributed by atoms with Crippen LogP contribution in [0.1, 0.15) is 12.0 Å². The quantitative estimate of drug-likeness (QED) is 0.854. The summed E-state index contributed by atoms with van der Waals surface area (Å²) in [5, 5.41) is 6.08. The first kappa shape index (κ1) is 13.3. The van der Waals surface area contributed by atoms with Crippen LogP contribution in [0, 0.1) is 11.6 Å². The Hall–Kier alpha value is -1.69. The molecule has 2 unspecified atom stereocenters. The van der Waals surface area contributed by atoms with Crippen molar-refractivity contribution in [2.45, 2.75) is 24.9 Å². The Bertz CT molecular complexity index is 549. The second-order valence-corrected chi connectivity index (χ2v) is 5.37. The van der Waals surface area contributed by atoms with Crippen molar-refractivity contribution < 1.29 is 13.6 Å². The first-order chi connectivity index (χ1) is 9.58. The highest BCUT2D eigenvalue weighted by atomic mass is 19.1. The van der Waals surface area contributed by atoms with E-state index < -0.39 is 17.7 Å². The molecule has 2 heterocycles. The largest absolute Gasteiger partial charge is 0.373 e. The molecular formula is C14H17F2N3O. The van der Waals surface area contributed by atoms with Gasteiger partial charge in [0.1, 0.15) is 17.7 Å². The molecule has 0 saturated carbocycles. The molecule has 4 nitrogen and oxygen atoms in total. The molecule has 2 aliphatic heterocycles. The summed E-state index contributed by atoms with van der Waals surface area (Å²) >= 11 is 0. The van der Waals surface area contributed by atoms with Crippen molar-refractivity contribution in [3.05, 3.63) is 29.3 Å². The number of carbonyl (C=O) groups is 1. The van der Waals surface area contributed by atoms with Gasteiger partial charge >= 0.3 is 0 Å². The molecule has 1 aromatic rings. The highest BCUT2D eigenvalue weighted by Crippen LogP contribution is 2.30. The van der Waals surface area contributed by atoms with E-state index in [4.69, 9.17) is 0 Å². The number of fused-ring (bicyclic) bond motifs is 1. The number of anilines is 1. The summed E-state index contributed by atoms with van der Waals surface area (Å²) in [6, 6.07) is 1.93. The van der Waals surface area contributed by atoms with E-state index in [2.05, 4.69) is 10.6 Å². The molecule has 3 rings (SSSR count). The first-order valence-electron chi connectivity index (χ1n) is 6.79. The Balaban J connectivity index is 1.72. The van der Waals surface area contributed by atoms with Gasteiger partial charge in [-0.1, -0.05) is 0 Å². The lowest BCUT2D eigenvalue weighted by Crippen LogP contribution is -2.42. The van der Waals surface area contributed by atoms with Gasteiger partial charge < -0.3 is 15.5 Å². The summed E-state index contributed by atoms with van der Waals surface area (Å²) in [5.41, 5.74) is 0.791. The Kier molecular flexibility index (Phi) is 3.33. The molecular weight excluding hydrogens is 264 g/mol. The normalized spacial score (nSPS) is 24.6. The monoisotopic (exact) mass is 281 g/mol. The zero-order chi connectivity index (χ0) is 14.3. The van der Waals surface area contributed by atoms with Crippen LogP contribution in [0.4, 0.5) is 14.5 Å². The van der Waals surface area contributed by atoms with Gasteiger partial charge in [-0.3, -0.25) is 4.79 Å². The minimum Gasteiger partial charge on any atom is -0.373 e. The maximum Gasteiger partial charge on any atom is 0.245 e. The summed E-state index contributed by atoms with van der Waals surface area (Å²) in [5.74, 6) is -1.26. The fourth-order valence-electron chi connectivity index (χ4n) is 2.95. The molecule has 0 bridgehead atoms. The molecule has 2 aliphatic rings. The second-order valence-electron chi connectivity index (χ2n) is 5.37. The van der Waals surface area contributed by atoms with Gasteiger partial charge in [0.2, 0.25) is 5.91 Å². The van der Waals surface area contributed by atoms with Gasteiger partial charge in [-0.15, -0.1) is 0 Å². The molecule has 0 aromatic heterocycles. The van der Waals surface area contributed by atoms with E-state index in [-0.39, 0.29) is 12.3 Å². The van der Waals surface area contributed by atoms with Crippen LogP contribution in [0.15, 0.2) is 12.1 Å². The van der Waals surface area contributed by atoms with Crippen molar-refractivity contribution in [3.8, 4) is 0 Å². The minimum atomic E-state index is -0.627. The topological polar surface area (TPSA) is 44.4 Å². The Morgan fingerprint density at radius 2 is 2.25 bits per heavy atom. The number of carbonyl (C=O) groups excluding carboxylic acids is 1. The molecule has 108 valence electrons. The number of nitrogens with one attached hydrogen (secondary N) is 2. The number of likely N-dealkylation sites (N-methyl/N-ethyl adjacent to an activating group) is 1. The van der Waals surface area contributed by atoms with Crippen molar-refractivity contribution in [2.75, 3.05) is 25.5 Å². The van der Waals surface area contributed by atoms with Crippen LogP contribution in [-0.4, -0.2) is 43.0 Å². The van der Waals surface area contributed by atoms with E-state index in [0.29, 0.717) is 30.4 Å². The van der Waals surface area contributed by atoms with Gasteiger partial charge in [-0.05, 0) is 19.5 Å². The number of amides is 1. The minimum absolute atomic E-state index is 0.0428. The number of nitrogens with zero attached hydrogens (tertiary/aromatic N) is 1. The summed E-state index contributed by atoms with van der Waals surface area (Å²) < 4.78 is 26.8. The summed E-state index contributed by atoms with van der Waals surface area (Å²) in [7, 11) is 1.88. The third-order valence-electron chi connectivity index (χ3n) is 4.10. The lowest BCUT2D eigenvalue weighted by atomic mass is 10.1. The van der Waals surface area contributed by atoms with Crippen molar-refractivity contribution in [1.29, 1.82) is 0 Å². The highest BCUT2D eigenvalue weighted by molar-refractivity contribution is 5.87. The lowest BCUT2D eigenvalue weighted by Gasteiger charge is -2.21. The molecule has 6 heteroatoms. The number of hydrogen-bond acceptors (Lipinski definition) is 3. The molecule has 20 heavy (non-hydrogen) atoms. The molecule has 0 radical (unpaired) electrons. The maximum absolute atomic E-state index is 13.7. The van der Waals surface area contributed by atoms with Gasteiger partial charge in [0, 0.05) is 42.9 Å². The van der Waals surface area contributed by atoms with Gasteiger partial charge in [0.05, 0.1) is 0 Å². The standard InChI is InChI=1S/C14H17F2N3O/c1-17-9-2-3-19(7-9)14(20)13-6-10-11(16)4-8(15)5-12(10)18-13/h4-5,9,13,17-18H,2-3,6-7H2,1H3. The Labute approximate surface area is 116 Å². The molecule has 0 aliphatic carbocycles.